The van der Waals surface area contributed by atoms with Crippen LogP contribution in [0.3, 0.4) is 0 Å². The molecule has 0 aliphatic heterocycles. The van der Waals surface area contributed by atoms with Crippen LogP contribution in [0.5, 0.6) is 0 Å². The monoisotopic (exact) mass is 318 g/mol. The van der Waals surface area contributed by atoms with Gasteiger partial charge in [0.1, 0.15) is 6.04 Å². The number of nitrogens with zero attached hydrogens (tertiary/aromatic N) is 1. The number of aromatic nitrogens is 1. The number of carbonyl (C=O) groups is 1. The zero-order valence-electron chi connectivity index (χ0n) is 9.68. The predicted octanol–water partition coefficient (Wildman–Crippen LogP) is 2.27. The number of pyridine rings is 1. The summed E-state index contributed by atoms with van der Waals surface area (Å²) in [5.74, 6) is -0.296. The minimum absolute atomic E-state index is 0.520. The Bertz CT molecular complexity index is 412. The SMILES string of the molecule is CC(C)(SCc1cncc(Br)c1)[C@@H](N)C(=O)O. The molecule has 3 N–H and O–H groups in total. The Morgan fingerprint density at radius 3 is 2.82 bits per heavy atom. The van der Waals surface area contributed by atoms with E-state index in [0.717, 1.165) is 10.0 Å². The first-order valence-corrected chi connectivity index (χ1v) is 6.82. The number of hydrogen-bond acceptors (Lipinski definition) is 4. The van der Waals surface area contributed by atoms with E-state index >= 15 is 0 Å². The van der Waals surface area contributed by atoms with Gasteiger partial charge >= 0.3 is 5.97 Å². The van der Waals surface area contributed by atoms with Crippen LogP contribution in [0.1, 0.15) is 19.4 Å². The van der Waals surface area contributed by atoms with Gasteiger partial charge in [0.15, 0.2) is 0 Å². The highest BCUT2D eigenvalue weighted by Crippen LogP contribution is 2.30. The largest absolute Gasteiger partial charge is 0.480 e. The molecule has 6 heteroatoms. The average Bonchev–Trinajstić information content (AvgIpc) is 2.25. The van der Waals surface area contributed by atoms with Crippen molar-refractivity contribution >= 4 is 33.7 Å². The van der Waals surface area contributed by atoms with Gasteiger partial charge in [-0.15, -0.1) is 11.8 Å². The van der Waals surface area contributed by atoms with Crippen LogP contribution in [-0.2, 0) is 10.5 Å². The van der Waals surface area contributed by atoms with Crippen molar-refractivity contribution < 1.29 is 9.90 Å². The Hall–Kier alpha value is -0.590. The maximum absolute atomic E-state index is 10.9. The number of hydrogen-bond donors (Lipinski definition) is 2. The van der Waals surface area contributed by atoms with Crippen molar-refractivity contribution in [2.24, 2.45) is 5.73 Å². The highest BCUT2D eigenvalue weighted by atomic mass is 79.9. The second-order valence-corrected chi connectivity index (χ2v) is 6.76. The third-order valence-electron chi connectivity index (χ3n) is 2.39. The van der Waals surface area contributed by atoms with Gasteiger partial charge in [0.25, 0.3) is 0 Å². The number of nitrogens with two attached hydrogens (primary N) is 1. The molecule has 0 bridgehead atoms. The molecule has 17 heavy (non-hydrogen) atoms. The zero-order valence-corrected chi connectivity index (χ0v) is 12.1. The Morgan fingerprint density at radius 2 is 2.29 bits per heavy atom. The molecule has 0 unspecified atom stereocenters. The van der Waals surface area contributed by atoms with E-state index in [1.807, 2.05) is 19.9 Å². The smallest absolute Gasteiger partial charge is 0.321 e. The van der Waals surface area contributed by atoms with E-state index < -0.39 is 16.8 Å². The van der Waals surface area contributed by atoms with E-state index in [2.05, 4.69) is 20.9 Å². The fraction of sp³-hybridized carbons (Fsp3) is 0.455. The molecule has 1 rings (SSSR count). The molecule has 94 valence electrons. The summed E-state index contributed by atoms with van der Waals surface area (Å²) in [6, 6.07) is 1.08. The number of carboxylic acids is 1. The van der Waals surface area contributed by atoms with Gasteiger partial charge in [0.05, 0.1) is 0 Å². The van der Waals surface area contributed by atoms with Crippen molar-refractivity contribution in [1.82, 2.24) is 4.98 Å². The second kappa shape index (κ2) is 5.84. The van der Waals surface area contributed by atoms with Crippen molar-refractivity contribution in [3.8, 4) is 0 Å². The molecule has 1 heterocycles. The summed E-state index contributed by atoms with van der Waals surface area (Å²) >= 11 is 4.85. The molecule has 1 aromatic heterocycles. The molecule has 0 radical (unpaired) electrons. The fourth-order valence-electron chi connectivity index (χ4n) is 1.19. The van der Waals surface area contributed by atoms with Gasteiger partial charge in [-0.2, -0.15) is 0 Å². The van der Waals surface area contributed by atoms with Crippen LogP contribution in [0.15, 0.2) is 22.9 Å². The number of carboxylic acid groups (broad SMARTS) is 1. The van der Waals surface area contributed by atoms with Crippen molar-refractivity contribution in [3.63, 3.8) is 0 Å². The summed E-state index contributed by atoms with van der Waals surface area (Å²) in [6.45, 7) is 3.67. The van der Waals surface area contributed by atoms with Crippen LogP contribution in [0.4, 0.5) is 0 Å². The number of thioether (sulfide) groups is 1. The van der Waals surface area contributed by atoms with Gasteiger partial charge in [-0.1, -0.05) is 0 Å². The standard InChI is InChI=1S/C11H15BrN2O2S/c1-11(2,9(13)10(15)16)17-6-7-3-8(12)5-14-4-7/h3-5,9H,6,13H2,1-2H3,(H,15,16)/t9-/m0/s1. The van der Waals surface area contributed by atoms with Gasteiger partial charge < -0.3 is 10.8 Å². The van der Waals surface area contributed by atoms with E-state index in [1.165, 1.54) is 11.8 Å². The topological polar surface area (TPSA) is 76.2 Å². The summed E-state index contributed by atoms with van der Waals surface area (Å²) in [6.07, 6.45) is 3.47. The van der Waals surface area contributed by atoms with Crippen LogP contribution < -0.4 is 5.73 Å². The Morgan fingerprint density at radius 1 is 1.65 bits per heavy atom. The minimum atomic E-state index is -0.977. The van der Waals surface area contributed by atoms with Gasteiger partial charge in [-0.3, -0.25) is 9.78 Å². The van der Waals surface area contributed by atoms with Gasteiger partial charge in [-0.25, -0.2) is 0 Å². The van der Waals surface area contributed by atoms with Crippen LogP contribution in [0.2, 0.25) is 0 Å². The fourth-order valence-corrected chi connectivity index (χ4v) is 2.58. The number of halogens is 1. The van der Waals surface area contributed by atoms with Gasteiger partial charge in [0.2, 0.25) is 0 Å². The lowest BCUT2D eigenvalue weighted by Gasteiger charge is -2.27. The van der Waals surface area contributed by atoms with E-state index in [4.69, 9.17) is 10.8 Å². The third-order valence-corrected chi connectivity index (χ3v) is 4.30. The summed E-state index contributed by atoms with van der Waals surface area (Å²) in [4.78, 5) is 14.9. The molecule has 0 fully saturated rings. The van der Waals surface area contributed by atoms with Crippen molar-refractivity contribution in [2.75, 3.05) is 0 Å². The molecular weight excluding hydrogens is 304 g/mol. The molecule has 0 spiro atoms. The molecule has 1 atom stereocenters. The molecule has 0 amide bonds. The normalized spacial score (nSPS) is 13.4. The number of aliphatic carboxylic acids is 1. The Balaban J connectivity index is 2.64. The third kappa shape index (κ3) is 4.29. The lowest BCUT2D eigenvalue weighted by molar-refractivity contribution is -0.139. The van der Waals surface area contributed by atoms with E-state index in [-0.39, 0.29) is 0 Å². The summed E-state index contributed by atoms with van der Waals surface area (Å²) in [5.41, 5.74) is 6.68. The zero-order chi connectivity index (χ0) is 13.1. The highest BCUT2D eigenvalue weighted by Gasteiger charge is 2.32. The lowest BCUT2D eigenvalue weighted by Crippen LogP contribution is -2.46. The molecule has 0 saturated heterocycles. The Kier molecular flexibility index (Phi) is 4.97. The molecule has 0 aromatic carbocycles. The van der Waals surface area contributed by atoms with E-state index in [0.29, 0.717) is 5.75 Å². The minimum Gasteiger partial charge on any atom is -0.480 e. The lowest BCUT2D eigenvalue weighted by atomic mass is 10.1. The van der Waals surface area contributed by atoms with Crippen molar-refractivity contribution in [3.05, 3.63) is 28.5 Å². The van der Waals surface area contributed by atoms with Crippen LogP contribution in [-0.4, -0.2) is 26.8 Å². The summed E-state index contributed by atoms with van der Waals surface area (Å²) in [5, 5.41) is 8.90. The van der Waals surface area contributed by atoms with Crippen LogP contribution in [0.25, 0.3) is 0 Å². The maximum Gasteiger partial charge on any atom is 0.321 e. The first-order chi connectivity index (χ1) is 7.83. The van der Waals surface area contributed by atoms with Crippen molar-refractivity contribution in [2.45, 2.75) is 30.4 Å². The van der Waals surface area contributed by atoms with Gasteiger partial charge in [-0.05, 0) is 41.4 Å². The second-order valence-electron chi connectivity index (χ2n) is 4.22. The van der Waals surface area contributed by atoms with Gasteiger partial charge in [0, 0.05) is 27.4 Å². The van der Waals surface area contributed by atoms with Crippen LogP contribution in [0, 0.1) is 0 Å². The van der Waals surface area contributed by atoms with E-state index in [1.54, 1.807) is 12.4 Å². The first-order valence-electron chi connectivity index (χ1n) is 5.04. The summed E-state index contributed by atoms with van der Waals surface area (Å²) in [7, 11) is 0. The predicted molar refractivity (Wildman–Crippen MR) is 72.9 cm³/mol. The quantitative estimate of drug-likeness (QED) is 0.871. The maximum atomic E-state index is 10.9. The molecule has 0 aliphatic rings. The van der Waals surface area contributed by atoms with Crippen LogP contribution >= 0.6 is 27.7 Å². The van der Waals surface area contributed by atoms with E-state index in [9.17, 15) is 4.79 Å². The average molecular weight is 319 g/mol. The molecule has 4 nitrogen and oxygen atoms in total. The van der Waals surface area contributed by atoms with Crippen molar-refractivity contribution in [1.29, 1.82) is 0 Å². The molecule has 0 saturated carbocycles. The summed E-state index contributed by atoms with van der Waals surface area (Å²) < 4.78 is 0.393. The molecule has 0 aliphatic carbocycles. The highest BCUT2D eigenvalue weighted by molar-refractivity contribution is 9.10. The first kappa shape index (κ1) is 14.5. The molecule has 1 aromatic rings. The number of rotatable bonds is 5. The molecular formula is C11H15BrN2O2S. The Labute approximate surface area is 113 Å².